The molecule has 3 atom stereocenters. The van der Waals surface area contributed by atoms with E-state index >= 15 is 0 Å². The van der Waals surface area contributed by atoms with Crippen LogP contribution in [-0.4, -0.2) is 35.7 Å². The van der Waals surface area contributed by atoms with Crippen LogP contribution in [0.3, 0.4) is 0 Å². The predicted octanol–water partition coefficient (Wildman–Crippen LogP) is 4.00. The highest BCUT2D eigenvalue weighted by Crippen LogP contribution is 2.64. The number of aliphatic imine (C=N–C) groups is 1. The van der Waals surface area contributed by atoms with Gasteiger partial charge in [0.1, 0.15) is 6.23 Å². The summed E-state index contributed by atoms with van der Waals surface area (Å²) in [6, 6.07) is 11.1. The van der Waals surface area contributed by atoms with E-state index in [2.05, 4.69) is 35.3 Å². The SMILES string of the molecule is CCC(O)N1C=NCCC1.Cl.c1ccc(C23CCCC2C3)cc1. The molecule has 3 nitrogen and oxygen atoms in total. The molecule has 1 heterocycles. The van der Waals surface area contributed by atoms with Gasteiger partial charge >= 0.3 is 0 Å². The molecule has 4 heteroatoms. The van der Waals surface area contributed by atoms with Crippen LogP contribution in [-0.2, 0) is 5.41 Å². The Morgan fingerprint density at radius 1 is 1.30 bits per heavy atom. The van der Waals surface area contributed by atoms with E-state index in [9.17, 15) is 5.11 Å². The molecule has 0 radical (unpaired) electrons. The maximum Gasteiger partial charge on any atom is 0.127 e. The second kappa shape index (κ2) is 8.16. The number of hydrogen-bond donors (Lipinski definition) is 1. The Bertz CT molecular complexity index is 507. The first-order valence-electron chi connectivity index (χ1n) is 8.75. The van der Waals surface area contributed by atoms with Gasteiger partial charge in [-0.15, -0.1) is 12.4 Å². The van der Waals surface area contributed by atoms with Gasteiger partial charge in [-0.05, 0) is 49.0 Å². The molecule has 2 fully saturated rings. The predicted molar refractivity (Wildman–Crippen MR) is 98.3 cm³/mol. The summed E-state index contributed by atoms with van der Waals surface area (Å²) in [5.41, 5.74) is 2.26. The topological polar surface area (TPSA) is 35.8 Å². The first-order valence-corrected chi connectivity index (χ1v) is 8.75. The van der Waals surface area contributed by atoms with Crippen molar-refractivity contribution >= 4 is 18.7 Å². The fourth-order valence-corrected chi connectivity index (χ4v) is 4.02. The fraction of sp³-hybridized carbons (Fsp3) is 0.632. The third-order valence-corrected chi connectivity index (χ3v) is 5.44. The van der Waals surface area contributed by atoms with E-state index in [4.69, 9.17) is 0 Å². The largest absolute Gasteiger partial charge is 0.374 e. The van der Waals surface area contributed by atoms with Crippen molar-refractivity contribution in [2.24, 2.45) is 10.9 Å². The van der Waals surface area contributed by atoms with Gasteiger partial charge in [0, 0.05) is 13.1 Å². The number of nitrogens with zero attached hydrogens (tertiary/aromatic N) is 2. The normalized spacial score (nSPS) is 29.0. The lowest BCUT2D eigenvalue weighted by atomic mass is 9.94. The molecule has 1 aromatic rings. The average Bonchev–Trinajstić information content (AvgIpc) is 3.17. The molecule has 0 aromatic heterocycles. The van der Waals surface area contributed by atoms with Gasteiger partial charge < -0.3 is 10.0 Å². The van der Waals surface area contributed by atoms with Crippen LogP contribution in [0.2, 0.25) is 0 Å². The maximum absolute atomic E-state index is 9.32. The number of hydrogen-bond acceptors (Lipinski definition) is 3. The molecule has 0 saturated heterocycles. The van der Waals surface area contributed by atoms with Crippen LogP contribution in [0.5, 0.6) is 0 Å². The monoisotopic (exact) mass is 336 g/mol. The Kier molecular flexibility index (Phi) is 6.49. The highest BCUT2D eigenvalue weighted by Gasteiger charge is 2.57. The quantitative estimate of drug-likeness (QED) is 0.905. The molecule has 0 spiro atoms. The fourth-order valence-electron chi connectivity index (χ4n) is 4.02. The summed E-state index contributed by atoms with van der Waals surface area (Å²) in [5.74, 6) is 1.04. The molecular weight excluding hydrogens is 308 g/mol. The Morgan fingerprint density at radius 2 is 2.09 bits per heavy atom. The van der Waals surface area contributed by atoms with E-state index in [-0.39, 0.29) is 18.6 Å². The second-order valence-electron chi connectivity index (χ2n) is 6.82. The molecule has 1 N–H and O–H groups in total. The van der Waals surface area contributed by atoms with Gasteiger partial charge in [0.25, 0.3) is 0 Å². The zero-order chi connectivity index (χ0) is 15.4. The minimum absolute atomic E-state index is 0. The van der Waals surface area contributed by atoms with Gasteiger partial charge in [-0.3, -0.25) is 4.99 Å². The number of rotatable bonds is 3. The molecule has 3 unspecified atom stereocenters. The van der Waals surface area contributed by atoms with Crippen molar-refractivity contribution in [3.05, 3.63) is 35.9 Å². The third kappa shape index (κ3) is 4.07. The van der Waals surface area contributed by atoms with Crippen molar-refractivity contribution < 1.29 is 5.11 Å². The first kappa shape index (κ1) is 18.3. The highest BCUT2D eigenvalue weighted by molar-refractivity contribution is 5.85. The first-order chi connectivity index (χ1) is 10.8. The van der Waals surface area contributed by atoms with Gasteiger partial charge in [0.05, 0.1) is 6.34 Å². The summed E-state index contributed by atoms with van der Waals surface area (Å²) in [7, 11) is 0. The van der Waals surface area contributed by atoms with E-state index in [0.29, 0.717) is 5.41 Å². The Morgan fingerprint density at radius 3 is 2.61 bits per heavy atom. The molecule has 2 aliphatic carbocycles. The van der Waals surface area contributed by atoms with Crippen molar-refractivity contribution in [2.75, 3.05) is 13.1 Å². The summed E-state index contributed by atoms with van der Waals surface area (Å²) in [6.07, 6.45) is 9.11. The van der Waals surface area contributed by atoms with Crippen LogP contribution in [0.25, 0.3) is 0 Å². The van der Waals surface area contributed by atoms with Gasteiger partial charge in [-0.25, -0.2) is 0 Å². The Hall–Kier alpha value is -1.06. The number of fused-ring (bicyclic) bond motifs is 1. The molecule has 1 aliphatic heterocycles. The van der Waals surface area contributed by atoms with E-state index in [1.165, 1.54) is 25.7 Å². The average molecular weight is 337 g/mol. The summed E-state index contributed by atoms with van der Waals surface area (Å²) >= 11 is 0. The van der Waals surface area contributed by atoms with Crippen LogP contribution in [0.4, 0.5) is 0 Å². The lowest BCUT2D eigenvalue weighted by molar-refractivity contribution is 0.0508. The van der Waals surface area contributed by atoms with Crippen molar-refractivity contribution in [3.8, 4) is 0 Å². The van der Waals surface area contributed by atoms with Crippen LogP contribution >= 0.6 is 12.4 Å². The molecule has 2 saturated carbocycles. The molecule has 1 aromatic carbocycles. The van der Waals surface area contributed by atoms with Crippen LogP contribution in [0.15, 0.2) is 35.3 Å². The van der Waals surface area contributed by atoms with E-state index < -0.39 is 0 Å². The van der Waals surface area contributed by atoms with Crippen molar-refractivity contribution in [1.82, 2.24) is 4.90 Å². The van der Waals surface area contributed by atoms with Crippen LogP contribution in [0.1, 0.15) is 51.0 Å². The van der Waals surface area contributed by atoms with E-state index in [0.717, 1.165) is 31.8 Å². The van der Waals surface area contributed by atoms with Gasteiger partial charge in [0.15, 0.2) is 0 Å². The number of aliphatic hydroxyl groups is 1. The lowest BCUT2D eigenvalue weighted by Gasteiger charge is -2.26. The second-order valence-corrected chi connectivity index (χ2v) is 6.82. The van der Waals surface area contributed by atoms with E-state index in [1.807, 2.05) is 11.8 Å². The summed E-state index contributed by atoms with van der Waals surface area (Å²) in [5, 5.41) is 9.32. The minimum Gasteiger partial charge on any atom is -0.374 e. The zero-order valence-electron chi connectivity index (χ0n) is 14.0. The van der Waals surface area contributed by atoms with Gasteiger partial charge in [-0.1, -0.05) is 43.7 Å². The molecule has 23 heavy (non-hydrogen) atoms. The standard InChI is InChI=1S/C12H14.C7H14N2O.ClH/c1-2-5-10(6-3-1)12-8-4-7-11(12)9-12;1-2-7(10)9-5-3-4-8-6-9;/h1-3,5-6,11H,4,7-9H2;6-7,10H,2-5H2,1H3;1H. The van der Waals surface area contributed by atoms with Crippen LogP contribution in [0, 0.1) is 5.92 Å². The van der Waals surface area contributed by atoms with Crippen LogP contribution < -0.4 is 0 Å². The van der Waals surface area contributed by atoms with Crippen molar-refractivity contribution in [3.63, 3.8) is 0 Å². The summed E-state index contributed by atoms with van der Waals surface area (Å²) < 4.78 is 0. The maximum atomic E-state index is 9.32. The summed E-state index contributed by atoms with van der Waals surface area (Å²) in [4.78, 5) is 5.95. The third-order valence-electron chi connectivity index (χ3n) is 5.44. The molecule has 0 bridgehead atoms. The highest BCUT2D eigenvalue weighted by atomic mass is 35.5. The van der Waals surface area contributed by atoms with Gasteiger partial charge in [0.2, 0.25) is 0 Å². The zero-order valence-corrected chi connectivity index (χ0v) is 14.8. The molecule has 3 aliphatic rings. The smallest absolute Gasteiger partial charge is 0.127 e. The number of aliphatic hydroxyl groups excluding tert-OH is 1. The Balaban J connectivity index is 0.000000163. The minimum atomic E-state index is -0.330. The lowest BCUT2D eigenvalue weighted by Crippen LogP contribution is -2.36. The van der Waals surface area contributed by atoms with Gasteiger partial charge in [-0.2, -0.15) is 0 Å². The van der Waals surface area contributed by atoms with Crippen molar-refractivity contribution in [1.29, 1.82) is 0 Å². The molecule has 0 amide bonds. The van der Waals surface area contributed by atoms with E-state index in [1.54, 1.807) is 11.9 Å². The number of benzene rings is 1. The Labute approximate surface area is 146 Å². The molecular formula is C19H29ClN2O. The van der Waals surface area contributed by atoms with Crippen molar-refractivity contribution in [2.45, 2.75) is 57.1 Å². The number of halogens is 1. The summed E-state index contributed by atoms with van der Waals surface area (Å²) in [6.45, 7) is 3.82. The molecule has 4 rings (SSSR count). The molecule has 128 valence electrons.